The number of halogens is 1. The highest BCUT2D eigenvalue weighted by Crippen LogP contribution is 2.47. The highest BCUT2D eigenvalue weighted by molar-refractivity contribution is 6.31. The molecule has 0 bridgehead atoms. The van der Waals surface area contributed by atoms with E-state index in [0.29, 0.717) is 28.4 Å². The number of aliphatic hydroxyl groups is 1. The first-order valence-corrected chi connectivity index (χ1v) is 9.42. The van der Waals surface area contributed by atoms with Gasteiger partial charge in [0.2, 0.25) is 0 Å². The van der Waals surface area contributed by atoms with Crippen LogP contribution >= 0.6 is 11.6 Å². The summed E-state index contributed by atoms with van der Waals surface area (Å²) in [6.07, 6.45) is 1.71. The number of nitrogens with zero attached hydrogens (tertiary/aromatic N) is 1. The standard InChI is InChI=1S/C23H17ClN2O2/c24-16-10-11-21-18(12-16)23(28,19-13-25-20-9-5-4-8-17(19)20)22(27)26(21)14-15-6-2-1-3-7-15/h1-13,25,28H,14H2. The number of anilines is 1. The van der Waals surface area contributed by atoms with Gasteiger partial charge in [0.25, 0.3) is 5.91 Å². The first-order valence-electron chi connectivity index (χ1n) is 9.04. The summed E-state index contributed by atoms with van der Waals surface area (Å²) in [6, 6.07) is 22.6. The smallest absolute Gasteiger partial charge is 0.268 e. The number of hydrogen-bond acceptors (Lipinski definition) is 2. The predicted octanol–water partition coefficient (Wildman–Crippen LogP) is 4.60. The quantitative estimate of drug-likeness (QED) is 0.538. The topological polar surface area (TPSA) is 56.3 Å². The van der Waals surface area contributed by atoms with Crippen molar-refractivity contribution in [2.75, 3.05) is 4.90 Å². The molecule has 0 saturated heterocycles. The lowest BCUT2D eigenvalue weighted by atomic mass is 9.87. The second kappa shape index (κ2) is 6.23. The summed E-state index contributed by atoms with van der Waals surface area (Å²) >= 11 is 6.24. The third-order valence-electron chi connectivity index (χ3n) is 5.36. The Morgan fingerprint density at radius 2 is 1.71 bits per heavy atom. The van der Waals surface area contributed by atoms with Gasteiger partial charge in [0, 0.05) is 33.2 Å². The van der Waals surface area contributed by atoms with Crippen molar-refractivity contribution in [1.82, 2.24) is 4.98 Å². The van der Waals surface area contributed by atoms with Gasteiger partial charge in [-0.15, -0.1) is 0 Å². The normalized spacial score (nSPS) is 18.6. The van der Waals surface area contributed by atoms with E-state index in [9.17, 15) is 9.90 Å². The van der Waals surface area contributed by atoms with Gasteiger partial charge in [-0.3, -0.25) is 4.79 Å². The molecule has 4 aromatic rings. The second-order valence-electron chi connectivity index (χ2n) is 7.00. The van der Waals surface area contributed by atoms with Crippen LogP contribution in [0.1, 0.15) is 16.7 Å². The van der Waals surface area contributed by atoms with Gasteiger partial charge < -0.3 is 15.0 Å². The molecule has 4 nitrogen and oxygen atoms in total. The molecule has 1 atom stereocenters. The summed E-state index contributed by atoms with van der Waals surface area (Å²) < 4.78 is 0. The number of rotatable bonds is 3. The molecule has 2 N–H and O–H groups in total. The Labute approximate surface area is 167 Å². The Morgan fingerprint density at radius 1 is 0.964 bits per heavy atom. The van der Waals surface area contributed by atoms with Crippen molar-refractivity contribution in [2.24, 2.45) is 0 Å². The summed E-state index contributed by atoms with van der Waals surface area (Å²) in [7, 11) is 0. The van der Waals surface area contributed by atoms with Crippen LogP contribution in [0.3, 0.4) is 0 Å². The van der Waals surface area contributed by atoms with Gasteiger partial charge in [0.15, 0.2) is 5.60 Å². The number of aromatic amines is 1. The molecule has 138 valence electrons. The van der Waals surface area contributed by atoms with E-state index in [-0.39, 0.29) is 5.91 Å². The maximum absolute atomic E-state index is 13.6. The fourth-order valence-electron chi connectivity index (χ4n) is 4.01. The first-order chi connectivity index (χ1) is 13.6. The summed E-state index contributed by atoms with van der Waals surface area (Å²) in [5, 5.41) is 13.1. The van der Waals surface area contributed by atoms with E-state index in [1.807, 2.05) is 54.6 Å². The van der Waals surface area contributed by atoms with Gasteiger partial charge in [0.1, 0.15) is 0 Å². The molecular formula is C23H17ClN2O2. The van der Waals surface area contributed by atoms with Gasteiger partial charge in [-0.2, -0.15) is 0 Å². The number of nitrogens with one attached hydrogen (secondary N) is 1. The molecule has 5 heteroatoms. The minimum Gasteiger partial charge on any atom is -0.372 e. The van der Waals surface area contributed by atoms with Crippen LogP contribution in [0.15, 0.2) is 79.0 Å². The van der Waals surface area contributed by atoms with Crippen LogP contribution in [-0.4, -0.2) is 16.0 Å². The number of fused-ring (bicyclic) bond motifs is 2. The van der Waals surface area contributed by atoms with Gasteiger partial charge in [-0.05, 0) is 29.8 Å². The number of hydrogen-bond donors (Lipinski definition) is 2. The Balaban J connectivity index is 1.71. The van der Waals surface area contributed by atoms with Crippen LogP contribution in [0.2, 0.25) is 5.02 Å². The van der Waals surface area contributed by atoms with Gasteiger partial charge >= 0.3 is 0 Å². The molecule has 0 radical (unpaired) electrons. The molecule has 0 saturated carbocycles. The average Bonchev–Trinajstić information content (AvgIpc) is 3.24. The fraction of sp³-hybridized carbons (Fsp3) is 0.0870. The molecule has 5 rings (SSSR count). The average molecular weight is 389 g/mol. The van der Waals surface area contributed by atoms with Crippen molar-refractivity contribution < 1.29 is 9.90 Å². The maximum Gasteiger partial charge on any atom is 0.268 e. The van der Waals surface area contributed by atoms with E-state index < -0.39 is 5.60 Å². The summed E-state index contributed by atoms with van der Waals surface area (Å²) in [4.78, 5) is 18.3. The van der Waals surface area contributed by atoms with Crippen LogP contribution in [0, 0.1) is 0 Å². The van der Waals surface area contributed by atoms with Crippen molar-refractivity contribution >= 4 is 34.1 Å². The third-order valence-corrected chi connectivity index (χ3v) is 5.59. The molecule has 1 aromatic heterocycles. The molecule has 28 heavy (non-hydrogen) atoms. The highest BCUT2D eigenvalue weighted by Gasteiger charge is 2.52. The van der Waals surface area contributed by atoms with Gasteiger partial charge in [-0.25, -0.2) is 0 Å². The van der Waals surface area contributed by atoms with E-state index in [4.69, 9.17) is 11.6 Å². The zero-order valence-corrected chi connectivity index (χ0v) is 15.6. The lowest BCUT2D eigenvalue weighted by molar-refractivity contribution is -0.132. The minimum absolute atomic E-state index is 0.374. The van der Waals surface area contributed by atoms with Crippen molar-refractivity contribution in [3.05, 3.63) is 101 Å². The predicted molar refractivity (Wildman–Crippen MR) is 110 cm³/mol. The summed E-state index contributed by atoms with van der Waals surface area (Å²) in [5.74, 6) is -0.377. The van der Waals surface area contributed by atoms with E-state index in [0.717, 1.165) is 16.5 Å². The molecule has 0 fully saturated rings. The van der Waals surface area contributed by atoms with E-state index >= 15 is 0 Å². The van der Waals surface area contributed by atoms with E-state index in [1.54, 1.807) is 29.3 Å². The van der Waals surface area contributed by atoms with Crippen LogP contribution in [0.25, 0.3) is 10.9 Å². The monoisotopic (exact) mass is 388 g/mol. The van der Waals surface area contributed by atoms with Crippen LogP contribution in [-0.2, 0) is 16.9 Å². The van der Waals surface area contributed by atoms with Crippen LogP contribution < -0.4 is 4.90 Å². The maximum atomic E-state index is 13.6. The zero-order valence-electron chi connectivity index (χ0n) is 14.9. The van der Waals surface area contributed by atoms with Gasteiger partial charge in [0.05, 0.1) is 12.2 Å². The van der Waals surface area contributed by atoms with Crippen molar-refractivity contribution in [1.29, 1.82) is 0 Å². The Bertz CT molecular complexity index is 1200. The molecule has 1 aliphatic heterocycles. The summed E-state index contributed by atoms with van der Waals surface area (Å²) in [5.41, 5.74) is 1.77. The van der Waals surface area contributed by atoms with Crippen LogP contribution in [0.4, 0.5) is 5.69 Å². The lowest BCUT2D eigenvalue weighted by Crippen LogP contribution is -2.40. The largest absolute Gasteiger partial charge is 0.372 e. The number of carbonyl (C=O) groups excluding carboxylic acids is 1. The Hall–Kier alpha value is -3.08. The Kier molecular flexibility index (Phi) is 3.79. The molecule has 2 heterocycles. The highest BCUT2D eigenvalue weighted by atomic mass is 35.5. The molecular weight excluding hydrogens is 372 g/mol. The molecule has 0 aliphatic carbocycles. The SMILES string of the molecule is O=C1N(Cc2ccccc2)c2ccc(Cl)cc2C1(O)c1c[nH]c2ccccc12. The molecule has 1 aliphatic rings. The van der Waals surface area contributed by atoms with Gasteiger partial charge in [-0.1, -0.05) is 60.1 Å². The number of carbonyl (C=O) groups is 1. The van der Waals surface area contributed by atoms with Crippen molar-refractivity contribution in [3.63, 3.8) is 0 Å². The number of benzene rings is 3. The second-order valence-corrected chi connectivity index (χ2v) is 7.43. The van der Waals surface area contributed by atoms with Crippen molar-refractivity contribution in [3.8, 4) is 0 Å². The van der Waals surface area contributed by atoms with Crippen molar-refractivity contribution in [2.45, 2.75) is 12.1 Å². The molecule has 1 amide bonds. The number of aromatic nitrogens is 1. The molecule has 3 aromatic carbocycles. The first kappa shape index (κ1) is 17.0. The van der Waals surface area contributed by atoms with E-state index in [1.165, 1.54) is 0 Å². The zero-order chi connectivity index (χ0) is 19.3. The lowest BCUT2D eigenvalue weighted by Gasteiger charge is -2.23. The number of amides is 1. The number of H-pyrrole nitrogens is 1. The van der Waals surface area contributed by atoms with E-state index in [2.05, 4.69) is 4.98 Å². The summed E-state index contributed by atoms with van der Waals surface area (Å²) in [6.45, 7) is 0.374. The minimum atomic E-state index is -1.80. The molecule has 0 spiro atoms. The third kappa shape index (κ3) is 2.39. The molecule has 1 unspecified atom stereocenters. The van der Waals surface area contributed by atoms with Crippen LogP contribution in [0.5, 0.6) is 0 Å². The Morgan fingerprint density at radius 3 is 2.54 bits per heavy atom. The fourth-order valence-corrected chi connectivity index (χ4v) is 4.18. The number of para-hydroxylation sites is 1.